The Bertz CT molecular complexity index is 1620. The van der Waals surface area contributed by atoms with Crippen molar-refractivity contribution in [1.29, 1.82) is 0 Å². The number of hydrogen-bond acceptors (Lipinski definition) is 9. The number of carbonyl (C=O) groups is 2. The van der Waals surface area contributed by atoms with Gasteiger partial charge in [-0.15, -0.1) is 0 Å². The molecule has 2 aliphatic heterocycles. The molecule has 0 aliphatic carbocycles. The first-order valence-electron chi connectivity index (χ1n) is 11.4. The second-order valence-electron chi connectivity index (χ2n) is 8.17. The van der Waals surface area contributed by atoms with Crippen LogP contribution in [0.1, 0.15) is 31.0 Å². The standard InChI is InChI=1S/C26H22N2O8S/c1-3-33-25(32)22-14(2)27-26-28(23(22)16-7-8-18-19(11-16)36-13-35-18)24(31)20(37-26)10-15-5-4-6-17(9-15)34-12-21(29)30/h4-11,23H,3,12-13H2,1-2H3,(H,29,30)/b20-10+. The lowest BCUT2D eigenvalue weighted by molar-refractivity contribution is -0.140. The fourth-order valence-corrected chi connectivity index (χ4v) is 5.23. The SMILES string of the molecule is CCOC(=O)C1=C(C)N=c2s/c(=C/c3cccc(OCC(=O)O)c3)c(=O)n2C1c1ccc2c(c1)OCO2. The van der Waals surface area contributed by atoms with Gasteiger partial charge in [0.15, 0.2) is 22.9 Å². The summed E-state index contributed by atoms with van der Waals surface area (Å²) in [6, 6.07) is 11.3. The van der Waals surface area contributed by atoms with Crippen molar-refractivity contribution in [2.75, 3.05) is 20.0 Å². The molecule has 2 aliphatic rings. The van der Waals surface area contributed by atoms with Gasteiger partial charge in [0.25, 0.3) is 5.56 Å². The van der Waals surface area contributed by atoms with Crippen LogP contribution in [0.4, 0.5) is 0 Å². The van der Waals surface area contributed by atoms with E-state index in [1.807, 2.05) is 0 Å². The van der Waals surface area contributed by atoms with Gasteiger partial charge in [0.2, 0.25) is 6.79 Å². The summed E-state index contributed by atoms with van der Waals surface area (Å²) in [7, 11) is 0. The summed E-state index contributed by atoms with van der Waals surface area (Å²) >= 11 is 1.19. The number of carboxylic acids is 1. The number of carbonyl (C=O) groups excluding carboxylic acids is 1. The minimum atomic E-state index is -1.09. The molecular weight excluding hydrogens is 500 g/mol. The van der Waals surface area contributed by atoms with Crippen LogP contribution in [-0.4, -0.2) is 41.6 Å². The number of fused-ring (bicyclic) bond motifs is 2. The van der Waals surface area contributed by atoms with Crippen molar-refractivity contribution in [1.82, 2.24) is 4.57 Å². The van der Waals surface area contributed by atoms with Gasteiger partial charge in [0.1, 0.15) is 5.75 Å². The predicted octanol–water partition coefficient (Wildman–Crippen LogP) is 1.99. The first-order valence-corrected chi connectivity index (χ1v) is 12.2. The molecule has 3 aromatic rings. The van der Waals surface area contributed by atoms with Crippen LogP contribution in [0.15, 0.2) is 63.5 Å². The first-order chi connectivity index (χ1) is 17.9. The van der Waals surface area contributed by atoms with Crippen LogP contribution >= 0.6 is 11.3 Å². The molecule has 0 saturated heterocycles. The molecule has 1 unspecified atom stereocenters. The van der Waals surface area contributed by atoms with Gasteiger partial charge < -0.3 is 24.1 Å². The summed E-state index contributed by atoms with van der Waals surface area (Å²) in [4.78, 5) is 42.5. The molecule has 3 heterocycles. The third kappa shape index (κ3) is 4.73. The quantitative estimate of drug-likeness (QED) is 0.467. The van der Waals surface area contributed by atoms with E-state index in [0.717, 1.165) is 0 Å². The summed E-state index contributed by atoms with van der Waals surface area (Å²) in [5.41, 5.74) is 1.69. The van der Waals surface area contributed by atoms with Gasteiger partial charge in [-0.1, -0.05) is 29.5 Å². The minimum absolute atomic E-state index is 0.0936. The number of benzene rings is 2. The molecule has 0 saturated carbocycles. The van der Waals surface area contributed by atoms with Crippen molar-refractivity contribution in [3.63, 3.8) is 0 Å². The molecule has 0 spiro atoms. The van der Waals surface area contributed by atoms with Gasteiger partial charge in [0.05, 0.1) is 28.5 Å². The Kier molecular flexibility index (Phi) is 6.53. The summed E-state index contributed by atoms with van der Waals surface area (Å²) in [5.74, 6) is -0.170. The summed E-state index contributed by atoms with van der Waals surface area (Å²) in [6.45, 7) is 3.22. The number of hydrogen-bond donors (Lipinski definition) is 1. The second-order valence-corrected chi connectivity index (χ2v) is 9.18. The molecule has 0 radical (unpaired) electrons. The summed E-state index contributed by atoms with van der Waals surface area (Å²) in [6.07, 6.45) is 1.68. The average Bonchev–Trinajstić information content (AvgIpc) is 3.46. The normalized spacial score (nSPS) is 16.3. The van der Waals surface area contributed by atoms with Gasteiger partial charge in [0, 0.05) is 0 Å². The van der Waals surface area contributed by atoms with Crippen LogP contribution < -0.4 is 29.1 Å². The van der Waals surface area contributed by atoms with Gasteiger partial charge in [-0.05, 0) is 55.3 Å². The molecule has 5 rings (SSSR count). The Morgan fingerprint density at radius 2 is 2.03 bits per heavy atom. The minimum Gasteiger partial charge on any atom is -0.482 e. The lowest BCUT2D eigenvalue weighted by Gasteiger charge is -2.24. The van der Waals surface area contributed by atoms with E-state index in [2.05, 4.69) is 4.99 Å². The Hall–Kier alpha value is -4.38. The molecule has 190 valence electrons. The van der Waals surface area contributed by atoms with E-state index in [4.69, 9.17) is 24.1 Å². The molecule has 10 nitrogen and oxygen atoms in total. The van der Waals surface area contributed by atoms with E-state index in [1.54, 1.807) is 62.4 Å². The van der Waals surface area contributed by atoms with Crippen molar-refractivity contribution in [3.05, 3.63) is 84.5 Å². The highest BCUT2D eigenvalue weighted by atomic mass is 32.1. The fraction of sp³-hybridized carbons (Fsp3) is 0.231. The number of ether oxygens (including phenoxy) is 4. The van der Waals surface area contributed by atoms with Gasteiger partial charge in [-0.25, -0.2) is 14.6 Å². The third-order valence-electron chi connectivity index (χ3n) is 5.75. The van der Waals surface area contributed by atoms with Gasteiger partial charge in [-0.2, -0.15) is 0 Å². The highest BCUT2D eigenvalue weighted by Gasteiger charge is 2.34. The van der Waals surface area contributed by atoms with E-state index in [-0.39, 0.29) is 24.5 Å². The largest absolute Gasteiger partial charge is 0.482 e. The topological polar surface area (TPSA) is 126 Å². The zero-order chi connectivity index (χ0) is 26.1. The van der Waals surface area contributed by atoms with E-state index >= 15 is 0 Å². The number of carboxylic acid groups (broad SMARTS) is 1. The number of nitrogens with zero attached hydrogens (tertiary/aromatic N) is 2. The van der Waals surface area contributed by atoms with E-state index in [0.29, 0.717) is 43.4 Å². The molecule has 2 aromatic carbocycles. The highest BCUT2D eigenvalue weighted by Crippen LogP contribution is 2.38. The predicted molar refractivity (Wildman–Crippen MR) is 133 cm³/mol. The monoisotopic (exact) mass is 522 g/mol. The lowest BCUT2D eigenvalue weighted by Crippen LogP contribution is -2.39. The van der Waals surface area contributed by atoms with Crippen LogP contribution in [0.2, 0.25) is 0 Å². The van der Waals surface area contributed by atoms with Crippen molar-refractivity contribution >= 4 is 29.4 Å². The maximum Gasteiger partial charge on any atom is 0.341 e. The fourth-order valence-electron chi connectivity index (χ4n) is 4.18. The Morgan fingerprint density at radius 3 is 2.81 bits per heavy atom. The molecule has 1 atom stereocenters. The number of aromatic nitrogens is 1. The van der Waals surface area contributed by atoms with E-state index < -0.39 is 24.6 Å². The van der Waals surface area contributed by atoms with Crippen LogP contribution in [0, 0.1) is 0 Å². The van der Waals surface area contributed by atoms with Crippen molar-refractivity contribution < 1.29 is 33.6 Å². The maximum absolute atomic E-state index is 13.7. The van der Waals surface area contributed by atoms with Crippen LogP contribution in [0.5, 0.6) is 17.2 Å². The average molecular weight is 523 g/mol. The third-order valence-corrected chi connectivity index (χ3v) is 6.73. The lowest BCUT2D eigenvalue weighted by atomic mass is 9.95. The first kappa shape index (κ1) is 24.3. The molecule has 0 bridgehead atoms. The number of esters is 1. The van der Waals surface area contributed by atoms with Crippen molar-refractivity contribution in [2.45, 2.75) is 19.9 Å². The van der Waals surface area contributed by atoms with E-state index in [9.17, 15) is 14.4 Å². The maximum atomic E-state index is 13.7. The Morgan fingerprint density at radius 1 is 1.22 bits per heavy atom. The smallest absolute Gasteiger partial charge is 0.341 e. The molecular formula is C26H22N2O8S. The second kappa shape index (κ2) is 9.94. The zero-order valence-corrected chi connectivity index (χ0v) is 20.7. The number of thiazole rings is 1. The number of allylic oxidation sites excluding steroid dienone is 1. The van der Waals surface area contributed by atoms with Crippen molar-refractivity contribution in [2.24, 2.45) is 4.99 Å². The molecule has 0 amide bonds. The molecule has 1 aromatic heterocycles. The number of rotatable bonds is 7. The van der Waals surface area contributed by atoms with Crippen molar-refractivity contribution in [3.8, 4) is 17.2 Å². The summed E-state index contributed by atoms with van der Waals surface area (Å²) in [5, 5.41) is 8.86. The van der Waals surface area contributed by atoms with Gasteiger partial charge >= 0.3 is 11.9 Å². The summed E-state index contributed by atoms with van der Waals surface area (Å²) < 4.78 is 23.4. The van der Waals surface area contributed by atoms with Crippen LogP contribution in [0.3, 0.4) is 0 Å². The van der Waals surface area contributed by atoms with Crippen LogP contribution in [0.25, 0.3) is 6.08 Å². The zero-order valence-electron chi connectivity index (χ0n) is 19.9. The Labute approximate surface area is 214 Å². The molecule has 37 heavy (non-hydrogen) atoms. The van der Waals surface area contributed by atoms with E-state index in [1.165, 1.54) is 15.9 Å². The molecule has 0 fully saturated rings. The molecule has 1 N–H and O–H groups in total. The Balaban J connectivity index is 1.64. The van der Waals surface area contributed by atoms with Gasteiger partial charge in [-0.3, -0.25) is 9.36 Å². The number of aliphatic carboxylic acids is 1. The van der Waals surface area contributed by atoms with Crippen LogP contribution in [-0.2, 0) is 14.3 Å². The molecule has 11 heteroatoms. The highest BCUT2D eigenvalue weighted by molar-refractivity contribution is 7.07.